The molecular formula is C15H27NO4. The number of hydrogen-bond acceptors (Lipinski definition) is 4. The maximum atomic E-state index is 12.0. The van der Waals surface area contributed by atoms with Crippen LogP contribution < -0.4 is 0 Å². The molecule has 5 heteroatoms. The molecular weight excluding hydrogens is 258 g/mol. The van der Waals surface area contributed by atoms with E-state index in [2.05, 4.69) is 13.8 Å². The smallest absolute Gasteiger partial charge is 0.409 e. The van der Waals surface area contributed by atoms with Gasteiger partial charge in [0, 0.05) is 25.9 Å². The number of carbonyl (C=O) groups excluding carboxylic acids is 1. The average molecular weight is 285 g/mol. The van der Waals surface area contributed by atoms with Gasteiger partial charge < -0.3 is 19.1 Å². The van der Waals surface area contributed by atoms with Crippen LogP contribution in [-0.2, 0) is 14.2 Å². The number of rotatable bonds is 4. The molecule has 2 aliphatic rings. The van der Waals surface area contributed by atoms with Crippen molar-refractivity contribution in [3.05, 3.63) is 0 Å². The number of likely N-dealkylation sites (tertiary alicyclic amines) is 1. The largest absolute Gasteiger partial charge is 0.449 e. The predicted molar refractivity (Wildman–Crippen MR) is 75.5 cm³/mol. The van der Waals surface area contributed by atoms with Crippen molar-refractivity contribution in [3.63, 3.8) is 0 Å². The summed E-state index contributed by atoms with van der Waals surface area (Å²) in [5, 5.41) is 0. The van der Waals surface area contributed by atoms with Gasteiger partial charge in [0.15, 0.2) is 5.79 Å². The van der Waals surface area contributed by atoms with Crippen molar-refractivity contribution in [2.24, 2.45) is 5.92 Å². The van der Waals surface area contributed by atoms with Crippen molar-refractivity contribution in [2.45, 2.75) is 51.7 Å². The van der Waals surface area contributed by atoms with Gasteiger partial charge in [-0.1, -0.05) is 26.7 Å². The second kappa shape index (κ2) is 7.27. The quantitative estimate of drug-likeness (QED) is 0.797. The topological polar surface area (TPSA) is 48.0 Å². The summed E-state index contributed by atoms with van der Waals surface area (Å²) < 4.78 is 16.9. The van der Waals surface area contributed by atoms with Crippen molar-refractivity contribution >= 4 is 6.09 Å². The summed E-state index contributed by atoms with van der Waals surface area (Å²) in [6.45, 7) is 7.62. The third-order valence-electron chi connectivity index (χ3n) is 4.40. The van der Waals surface area contributed by atoms with E-state index in [1.54, 1.807) is 4.90 Å². The van der Waals surface area contributed by atoms with Crippen LogP contribution in [0.1, 0.15) is 46.0 Å². The lowest BCUT2D eigenvalue weighted by atomic mass is 10.0. The second-order valence-corrected chi connectivity index (χ2v) is 5.71. The molecule has 2 fully saturated rings. The van der Waals surface area contributed by atoms with E-state index in [1.807, 2.05) is 0 Å². The highest BCUT2D eigenvalue weighted by Gasteiger charge is 2.39. The number of piperidine rings is 1. The van der Waals surface area contributed by atoms with Gasteiger partial charge in [-0.2, -0.15) is 0 Å². The average Bonchev–Trinajstić information content (AvgIpc) is 2.49. The summed E-state index contributed by atoms with van der Waals surface area (Å²) in [5.41, 5.74) is 0. The van der Waals surface area contributed by atoms with E-state index in [1.165, 1.54) is 0 Å². The third-order valence-corrected chi connectivity index (χ3v) is 4.40. The molecule has 2 rings (SSSR count). The Morgan fingerprint density at radius 3 is 2.35 bits per heavy atom. The molecule has 1 amide bonds. The summed E-state index contributed by atoms with van der Waals surface area (Å²) in [7, 11) is 0. The minimum absolute atomic E-state index is 0.192. The summed E-state index contributed by atoms with van der Waals surface area (Å²) in [6.07, 6.45) is 4.36. The Labute approximate surface area is 121 Å². The summed E-state index contributed by atoms with van der Waals surface area (Å²) in [4.78, 5) is 13.8. The minimum atomic E-state index is -0.440. The zero-order chi connectivity index (χ0) is 14.4. The Morgan fingerprint density at radius 1 is 1.20 bits per heavy atom. The number of hydrogen-bond donors (Lipinski definition) is 0. The maximum Gasteiger partial charge on any atom is 0.409 e. The molecule has 0 unspecified atom stereocenters. The highest BCUT2D eigenvalue weighted by Crippen LogP contribution is 2.30. The Kier molecular flexibility index (Phi) is 5.66. The SMILES string of the molecule is CCC(CC)COC(=O)N1CCC2(CC1)OCCCO2. The highest BCUT2D eigenvalue weighted by molar-refractivity contribution is 5.67. The lowest BCUT2D eigenvalue weighted by molar-refractivity contribution is -0.282. The molecule has 116 valence electrons. The van der Waals surface area contributed by atoms with Gasteiger partial charge in [0.2, 0.25) is 0 Å². The van der Waals surface area contributed by atoms with Gasteiger partial charge in [-0.15, -0.1) is 0 Å². The molecule has 0 saturated carbocycles. The van der Waals surface area contributed by atoms with E-state index in [-0.39, 0.29) is 6.09 Å². The Balaban J connectivity index is 1.74. The number of carbonyl (C=O) groups is 1. The molecule has 5 nitrogen and oxygen atoms in total. The summed E-state index contributed by atoms with van der Waals surface area (Å²) in [5.74, 6) is 0.0322. The van der Waals surface area contributed by atoms with Crippen LogP contribution in [0.25, 0.3) is 0 Å². The van der Waals surface area contributed by atoms with Crippen molar-refractivity contribution in [1.82, 2.24) is 4.90 Å². The third kappa shape index (κ3) is 3.85. The van der Waals surface area contributed by atoms with Crippen LogP contribution in [-0.4, -0.2) is 49.7 Å². The Hall–Kier alpha value is -0.810. The fourth-order valence-corrected chi connectivity index (χ4v) is 2.74. The first-order valence-corrected chi connectivity index (χ1v) is 7.88. The fraction of sp³-hybridized carbons (Fsp3) is 0.933. The van der Waals surface area contributed by atoms with E-state index < -0.39 is 5.79 Å². The molecule has 20 heavy (non-hydrogen) atoms. The molecule has 0 atom stereocenters. The number of amides is 1. The van der Waals surface area contributed by atoms with Gasteiger partial charge >= 0.3 is 6.09 Å². The zero-order valence-corrected chi connectivity index (χ0v) is 12.7. The van der Waals surface area contributed by atoms with Crippen LogP contribution in [0.4, 0.5) is 4.79 Å². The van der Waals surface area contributed by atoms with E-state index in [0.29, 0.717) is 25.6 Å². The molecule has 0 aromatic rings. The van der Waals surface area contributed by atoms with Gasteiger partial charge in [0.05, 0.1) is 19.8 Å². The first-order valence-electron chi connectivity index (χ1n) is 7.88. The lowest BCUT2D eigenvalue weighted by Gasteiger charge is -2.43. The minimum Gasteiger partial charge on any atom is -0.449 e. The molecule has 0 N–H and O–H groups in total. The molecule has 0 aromatic heterocycles. The van der Waals surface area contributed by atoms with Crippen LogP contribution in [0.5, 0.6) is 0 Å². The molecule has 0 aliphatic carbocycles. The monoisotopic (exact) mass is 285 g/mol. The van der Waals surface area contributed by atoms with Crippen LogP contribution in [0.15, 0.2) is 0 Å². The molecule has 2 heterocycles. The van der Waals surface area contributed by atoms with Crippen molar-refractivity contribution < 1.29 is 19.0 Å². The predicted octanol–water partition coefficient (Wildman–Crippen LogP) is 2.79. The Bertz CT molecular complexity index is 301. The van der Waals surface area contributed by atoms with Gasteiger partial charge in [0.25, 0.3) is 0 Å². The highest BCUT2D eigenvalue weighted by atomic mass is 16.7. The van der Waals surface area contributed by atoms with Crippen molar-refractivity contribution in [3.8, 4) is 0 Å². The van der Waals surface area contributed by atoms with Crippen LogP contribution in [0, 0.1) is 5.92 Å². The van der Waals surface area contributed by atoms with Crippen molar-refractivity contribution in [1.29, 1.82) is 0 Å². The molecule has 0 aromatic carbocycles. The second-order valence-electron chi connectivity index (χ2n) is 5.71. The first-order chi connectivity index (χ1) is 9.69. The molecule has 0 radical (unpaired) electrons. The van der Waals surface area contributed by atoms with E-state index in [9.17, 15) is 4.79 Å². The van der Waals surface area contributed by atoms with Gasteiger partial charge in [-0.25, -0.2) is 4.79 Å². The van der Waals surface area contributed by atoms with Crippen molar-refractivity contribution in [2.75, 3.05) is 32.9 Å². The maximum absolute atomic E-state index is 12.0. The Morgan fingerprint density at radius 2 is 1.80 bits per heavy atom. The lowest BCUT2D eigenvalue weighted by Crippen LogP contribution is -2.51. The molecule has 1 spiro atoms. The standard InChI is InChI=1S/C15H27NO4/c1-3-13(4-2)12-18-14(17)16-8-6-15(7-9-16)19-10-5-11-20-15/h13H,3-12H2,1-2H3. The van der Waals surface area contributed by atoms with E-state index in [4.69, 9.17) is 14.2 Å². The first kappa shape index (κ1) is 15.6. The van der Waals surface area contributed by atoms with Gasteiger partial charge in [-0.05, 0) is 12.3 Å². The summed E-state index contributed by atoms with van der Waals surface area (Å²) in [6, 6.07) is 0. The van der Waals surface area contributed by atoms with E-state index in [0.717, 1.165) is 45.3 Å². The fourth-order valence-electron chi connectivity index (χ4n) is 2.74. The number of ether oxygens (including phenoxy) is 3. The number of nitrogens with zero attached hydrogens (tertiary/aromatic N) is 1. The van der Waals surface area contributed by atoms with Gasteiger partial charge in [-0.3, -0.25) is 0 Å². The molecule has 0 bridgehead atoms. The van der Waals surface area contributed by atoms with E-state index >= 15 is 0 Å². The van der Waals surface area contributed by atoms with Gasteiger partial charge in [0.1, 0.15) is 0 Å². The van der Waals surface area contributed by atoms with Crippen LogP contribution >= 0.6 is 0 Å². The normalized spacial score (nSPS) is 22.2. The van der Waals surface area contributed by atoms with Crippen LogP contribution in [0.2, 0.25) is 0 Å². The molecule has 2 saturated heterocycles. The summed E-state index contributed by atoms with van der Waals surface area (Å²) >= 11 is 0. The zero-order valence-electron chi connectivity index (χ0n) is 12.7. The van der Waals surface area contributed by atoms with Crippen LogP contribution in [0.3, 0.4) is 0 Å². The molecule has 2 aliphatic heterocycles.